The normalized spacial score (nSPS) is 33.6. The molecule has 1 rings (SSSR count). The van der Waals surface area contributed by atoms with Gasteiger partial charge in [-0.3, -0.25) is 0 Å². The van der Waals surface area contributed by atoms with E-state index in [-0.39, 0.29) is 0 Å². The molecule has 0 heteroatoms. The van der Waals surface area contributed by atoms with Gasteiger partial charge in [0.1, 0.15) is 0 Å². The molecule has 1 aliphatic carbocycles. The molecule has 1 aliphatic rings. The van der Waals surface area contributed by atoms with Gasteiger partial charge >= 0.3 is 0 Å². The number of hydrogen-bond donors (Lipinski definition) is 0. The predicted octanol–water partition coefficient (Wildman–Crippen LogP) is 4.60. The minimum atomic E-state index is 0.872. The summed E-state index contributed by atoms with van der Waals surface area (Å²) in [5.74, 6) is 5.59. The summed E-state index contributed by atoms with van der Waals surface area (Å²) >= 11 is 0. The molecule has 0 bridgehead atoms. The second-order valence-electron chi connectivity index (χ2n) is 6.21. The molecule has 0 radical (unpaired) electrons. The average Bonchev–Trinajstić information content (AvgIpc) is 2.46. The molecular formula is C14H28. The summed E-state index contributed by atoms with van der Waals surface area (Å²) < 4.78 is 0. The first-order chi connectivity index (χ1) is 6.45. The molecule has 1 saturated carbocycles. The third-order valence-electron chi connectivity index (χ3n) is 4.30. The Labute approximate surface area is 90.5 Å². The molecule has 0 saturated heterocycles. The van der Waals surface area contributed by atoms with Gasteiger partial charge in [-0.2, -0.15) is 0 Å². The van der Waals surface area contributed by atoms with Crippen molar-refractivity contribution in [2.75, 3.05) is 0 Å². The van der Waals surface area contributed by atoms with Crippen molar-refractivity contribution < 1.29 is 0 Å². The minimum Gasteiger partial charge on any atom is -0.0625 e. The lowest BCUT2D eigenvalue weighted by Crippen LogP contribution is -2.26. The van der Waals surface area contributed by atoms with Crippen molar-refractivity contribution in [3.63, 3.8) is 0 Å². The molecule has 2 atom stereocenters. The van der Waals surface area contributed by atoms with Gasteiger partial charge < -0.3 is 0 Å². The Kier molecular flexibility index (Phi) is 4.04. The Bertz CT molecular complexity index is 151. The Balaban J connectivity index is 2.74. The number of hydrogen-bond acceptors (Lipinski definition) is 0. The van der Waals surface area contributed by atoms with Crippen LogP contribution < -0.4 is 0 Å². The van der Waals surface area contributed by atoms with Crippen molar-refractivity contribution in [3.8, 4) is 0 Å². The van der Waals surface area contributed by atoms with Crippen LogP contribution in [0.15, 0.2) is 0 Å². The van der Waals surface area contributed by atoms with Crippen molar-refractivity contribution in [2.45, 2.75) is 54.4 Å². The maximum Gasteiger partial charge on any atom is -0.0329 e. The Morgan fingerprint density at radius 2 is 1.00 bits per heavy atom. The summed E-state index contributed by atoms with van der Waals surface area (Å²) in [4.78, 5) is 0. The van der Waals surface area contributed by atoms with Crippen molar-refractivity contribution in [3.05, 3.63) is 0 Å². The molecule has 0 nitrogen and oxygen atoms in total. The first kappa shape index (κ1) is 12.1. The summed E-state index contributed by atoms with van der Waals surface area (Å²) in [5.41, 5.74) is 0. The van der Waals surface area contributed by atoms with Gasteiger partial charge in [0, 0.05) is 0 Å². The van der Waals surface area contributed by atoms with Gasteiger partial charge in [0.2, 0.25) is 0 Å². The zero-order valence-electron chi connectivity index (χ0n) is 10.9. The summed E-state index contributed by atoms with van der Waals surface area (Å²) in [6, 6.07) is 0. The SMILES string of the molecule is CC(C)C1CCC(C(C)C)C1C(C)C. The van der Waals surface area contributed by atoms with Crippen LogP contribution in [-0.4, -0.2) is 0 Å². The molecule has 1 fully saturated rings. The topological polar surface area (TPSA) is 0 Å². The van der Waals surface area contributed by atoms with Crippen LogP contribution >= 0.6 is 0 Å². The molecule has 0 aromatic heterocycles. The lowest BCUT2D eigenvalue weighted by molar-refractivity contribution is 0.159. The van der Waals surface area contributed by atoms with Crippen LogP contribution in [0.3, 0.4) is 0 Å². The van der Waals surface area contributed by atoms with Crippen LogP contribution in [0.1, 0.15) is 54.4 Å². The lowest BCUT2D eigenvalue weighted by atomic mass is 9.73. The fraction of sp³-hybridized carbons (Fsp3) is 1.00. The summed E-state index contributed by atoms with van der Waals surface area (Å²) in [7, 11) is 0. The predicted molar refractivity (Wildman–Crippen MR) is 64.2 cm³/mol. The van der Waals surface area contributed by atoms with Gasteiger partial charge in [0.25, 0.3) is 0 Å². The molecule has 2 unspecified atom stereocenters. The van der Waals surface area contributed by atoms with Gasteiger partial charge in [0.05, 0.1) is 0 Å². The zero-order chi connectivity index (χ0) is 10.9. The molecular weight excluding hydrogens is 168 g/mol. The lowest BCUT2D eigenvalue weighted by Gasteiger charge is -2.32. The van der Waals surface area contributed by atoms with Crippen LogP contribution in [0.4, 0.5) is 0 Å². The van der Waals surface area contributed by atoms with Crippen LogP contribution in [0.2, 0.25) is 0 Å². The van der Waals surface area contributed by atoms with Gasteiger partial charge in [0.15, 0.2) is 0 Å². The fourth-order valence-corrected chi connectivity index (χ4v) is 3.63. The van der Waals surface area contributed by atoms with E-state index < -0.39 is 0 Å². The molecule has 0 spiro atoms. The van der Waals surface area contributed by atoms with E-state index in [0.717, 1.165) is 35.5 Å². The van der Waals surface area contributed by atoms with Crippen molar-refractivity contribution >= 4 is 0 Å². The first-order valence-electron chi connectivity index (χ1n) is 6.45. The standard InChI is InChI=1S/C14H28/c1-9(2)12-7-8-13(10(3)4)14(12)11(5)6/h9-14H,7-8H2,1-6H3. The van der Waals surface area contributed by atoms with Crippen LogP contribution in [0, 0.1) is 35.5 Å². The molecule has 0 aromatic rings. The molecule has 0 N–H and O–H groups in total. The molecule has 0 aliphatic heterocycles. The van der Waals surface area contributed by atoms with E-state index in [1.54, 1.807) is 0 Å². The highest BCUT2D eigenvalue weighted by Crippen LogP contribution is 2.47. The van der Waals surface area contributed by atoms with Crippen LogP contribution in [0.5, 0.6) is 0 Å². The van der Waals surface area contributed by atoms with E-state index in [2.05, 4.69) is 41.5 Å². The monoisotopic (exact) mass is 196 g/mol. The van der Waals surface area contributed by atoms with E-state index in [4.69, 9.17) is 0 Å². The average molecular weight is 196 g/mol. The highest BCUT2D eigenvalue weighted by atomic mass is 14.4. The van der Waals surface area contributed by atoms with Gasteiger partial charge in [-0.1, -0.05) is 41.5 Å². The second-order valence-corrected chi connectivity index (χ2v) is 6.21. The third kappa shape index (κ3) is 2.32. The van der Waals surface area contributed by atoms with E-state index in [9.17, 15) is 0 Å². The Morgan fingerprint density at radius 3 is 1.21 bits per heavy atom. The molecule has 84 valence electrons. The van der Waals surface area contributed by atoms with Crippen molar-refractivity contribution in [2.24, 2.45) is 35.5 Å². The van der Waals surface area contributed by atoms with Crippen molar-refractivity contribution in [1.29, 1.82) is 0 Å². The molecule has 0 heterocycles. The zero-order valence-corrected chi connectivity index (χ0v) is 10.9. The third-order valence-corrected chi connectivity index (χ3v) is 4.30. The summed E-state index contributed by atoms with van der Waals surface area (Å²) in [6.07, 6.45) is 2.95. The fourth-order valence-electron chi connectivity index (χ4n) is 3.63. The van der Waals surface area contributed by atoms with Gasteiger partial charge in [-0.25, -0.2) is 0 Å². The number of rotatable bonds is 3. The van der Waals surface area contributed by atoms with Gasteiger partial charge in [-0.15, -0.1) is 0 Å². The smallest absolute Gasteiger partial charge is 0.0329 e. The molecule has 0 amide bonds. The molecule has 0 aromatic carbocycles. The quantitative estimate of drug-likeness (QED) is 0.619. The van der Waals surface area contributed by atoms with Gasteiger partial charge in [-0.05, 0) is 48.3 Å². The minimum absolute atomic E-state index is 0.872. The van der Waals surface area contributed by atoms with E-state index in [0.29, 0.717) is 0 Å². The van der Waals surface area contributed by atoms with Crippen molar-refractivity contribution in [1.82, 2.24) is 0 Å². The Hall–Kier alpha value is 0. The highest BCUT2D eigenvalue weighted by molar-refractivity contribution is 4.89. The van der Waals surface area contributed by atoms with E-state index in [1.807, 2.05) is 0 Å². The summed E-state index contributed by atoms with van der Waals surface area (Å²) in [5, 5.41) is 0. The van der Waals surface area contributed by atoms with E-state index in [1.165, 1.54) is 12.8 Å². The maximum atomic E-state index is 2.42. The second kappa shape index (κ2) is 4.68. The first-order valence-corrected chi connectivity index (χ1v) is 6.45. The Morgan fingerprint density at radius 1 is 0.643 bits per heavy atom. The summed E-state index contributed by atoms with van der Waals surface area (Å²) in [6.45, 7) is 14.5. The van der Waals surface area contributed by atoms with Crippen LogP contribution in [-0.2, 0) is 0 Å². The highest BCUT2D eigenvalue weighted by Gasteiger charge is 2.40. The molecule has 14 heavy (non-hydrogen) atoms. The van der Waals surface area contributed by atoms with Crippen LogP contribution in [0.25, 0.3) is 0 Å². The maximum absolute atomic E-state index is 2.42. The largest absolute Gasteiger partial charge is 0.0625 e. The van der Waals surface area contributed by atoms with E-state index >= 15 is 0 Å².